The van der Waals surface area contributed by atoms with Gasteiger partial charge in [-0.2, -0.15) is 5.10 Å². The zero-order valence-electron chi connectivity index (χ0n) is 7.27. The Hall–Kier alpha value is -0.880. The standard InChI is InChI=1S/C8H7BrFN3S/c1-3-2-4(14-7(3)9)6-5(10)8(11)13-12-6/h2H,1H3,(H3,11,12,13). The smallest absolute Gasteiger partial charge is 0.193 e. The molecule has 3 nitrogen and oxygen atoms in total. The summed E-state index contributed by atoms with van der Waals surface area (Å²) >= 11 is 4.82. The summed E-state index contributed by atoms with van der Waals surface area (Å²) in [4.78, 5) is 0.788. The number of aryl methyl sites for hydroxylation is 1. The highest BCUT2D eigenvalue weighted by Gasteiger charge is 2.14. The van der Waals surface area contributed by atoms with Crippen molar-refractivity contribution >= 4 is 33.1 Å². The molecular formula is C8H7BrFN3S. The fourth-order valence-electron chi connectivity index (χ4n) is 1.09. The van der Waals surface area contributed by atoms with Crippen LogP contribution >= 0.6 is 27.3 Å². The fourth-order valence-corrected chi connectivity index (χ4v) is 2.61. The molecule has 0 unspecified atom stereocenters. The Bertz CT molecular complexity index is 457. The molecule has 0 atom stereocenters. The van der Waals surface area contributed by atoms with Crippen LogP contribution in [0.25, 0.3) is 10.6 Å². The zero-order chi connectivity index (χ0) is 10.3. The van der Waals surface area contributed by atoms with Crippen molar-refractivity contribution in [3.63, 3.8) is 0 Å². The first kappa shape index (κ1) is 9.67. The van der Waals surface area contributed by atoms with Crippen LogP contribution in [0.2, 0.25) is 0 Å². The first-order valence-corrected chi connectivity index (χ1v) is 5.46. The zero-order valence-corrected chi connectivity index (χ0v) is 9.67. The Kier molecular flexibility index (Phi) is 2.32. The Balaban J connectivity index is 2.54. The van der Waals surface area contributed by atoms with Gasteiger partial charge in [-0.05, 0) is 34.5 Å². The first-order valence-electron chi connectivity index (χ1n) is 3.85. The van der Waals surface area contributed by atoms with Gasteiger partial charge in [0.2, 0.25) is 0 Å². The molecule has 2 aromatic heterocycles. The highest BCUT2D eigenvalue weighted by molar-refractivity contribution is 9.11. The van der Waals surface area contributed by atoms with E-state index in [1.54, 1.807) is 0 Å². The molecule has 0 aromatic carbocycles. The van der Waals surface area contributed by atoms with Crippen LogP contribution in [0, 0.1) is 12.7 Å². The highest BCUT2D eigenvalue weighted by atomic mass is 79.9. The second kappa shape index (κ2) is 3.36. The molecule has 0 aliphatic rings. The summed E-state index contributed by atoms with van der Waals surface area (Å²) in [5.74, 6) is -0.582. The number of nitrogens with zero attached hydrogens (tertiary/aromatic N) is 1. The van der Waals surface area contributed by atoms with Gasteiger partial charge >= 0.3 is 0 Å². The number of anilines is 1. The maximum absolute atomic E-state index is 13.4. The molecule has 3 N–H and O–H groups in total. The first-order chi connectivity index (χ1) is 6.59. The molecule has 74 valence electrons. The Labute approximate surface area is 92.3 Å². The molecule has 2 rings (SSSR count). The van der Waals surface area contributed by atoms with Crippen LogP contribution in [0.4, 0.5) is 10.2 Å². The van der Waals surface area contributed by atoms with E-state index in [1.165, 1.54) is 11.3 Å². The third kappa shape index (κ3) is 1.44. The lowest BCUT2D eigenvalue weighted by atomic mass is 10.3. The Morgan fingerprint density at radius 2 is 2.36 bits per heavy atom. The SMILES string of the molecule is Cc1cc(-c2[nH]nc(N)c2F)sc1Br. The molecule has 2 heterocycles. The molecule has 0 radical (unpaired) electrons. The molecule has 0 saturated carbocycles. The average Bonchev–Trinajstić information content (AvgIpc) is 2.61. The van der Waals surface area contributed by atoms with E-state index in [4.69, 9.17) is 5.73 Å². The molecule has 6 heteroatoms. The summed E-state index contributed by atoms with van der Waals surface area (Å²) in [6.07, 6.45) is 0. The number of nitrogens with two attached hydrogens (primary N) is 1. The number of hydrogen-bond donors (Lipinski definition) is 2. The average molecular weight is 276 g/mol. The van der Waals surface area contributed by atoms with Crippen LogP contribution < -0.4 is 5.73 Å². The molecule has 14 heavy (non-hydrogen) atoms. The van der Waals surface area contributed by atoms with Crippen molar-refractivity contribution in [2.75, 3.05) is 5.73 Å². The molecule has 2 aromatic rings. The molecule has 0 aliphatic heterocycles. The van der Waals surface area contributed by atoms with E-state index in [9.17, 15) is 4.39 Å². The third-order valence-electron chi connectivity index (χ3n) is 1.84. The predicted molar refractivity (Wildman–Crippen MR) is 58.7 cm³/mol. The summed E-state index contributed by atoms with van der Waals surface area (Å²) < 4.78 is 14.3. The van der Waals surface area contributed by atoms with Crippen LogP contribution in [0.5, 0.6) is 0 Å². The topological polar surface area (TPSA) is 54.7 Å². The minimum Gasteiger partial charge on any atom is -0.380 e. The van der Waals surface area contributed by atoms with E-state index in [-0.39, 0.29) is 5.82 Å². The van der Waals surface area contributed by atoms with Gasteiger partial charge in [0.05, 0.1) is 8.66 Å². The monoisotopic (exact) mass is 275 g/mol. The summed E-state index contributed by atoms with van der Waals surface area (Å²) in [7, 11) is 0. The number of H-pyrrole nitrogens is 1. The number of halogens is 2. The number of aromatic amines is 1. The third-order valence-corrected chi connectivity index (χ3v) is 3.99. The number of thiophene rings is 1. The number of nitrogen functional groups attached to an aromatic ring is 1. The summed E-state index contributed by atoms with van der Waals surface area (Å²) in [5.41, 5.74) is 6.71. The Morgan fingerprint density at radius 3 is 2.79 bits per heavy atom. The number of hydrogen-bond acceptors (Lipinski definition) is 3. The maximum atomic E-state index is 13.4. The van der Waals surface area contributed by atoms with Gasteiger partial charge in [0.25, 0.3) is 0 Å². The van der Waals surface area contributed by atoms with Crippen LogP contribution in [-0.4, -0.2) is 10.2 Å². The van der Waals surface area contributed by atoms with Gasteiger partial charge in [0, 0.05) is 0 Å². The van der Waals surface area contributed by atoms with Crippen molar-refractivity contribution in [1.82, 2.24) is 10.2 Å². The van der Waals surface area contributed by atoms with Gasteiger partial charge < -0.3 is 5.73 Å². The Morgan fingerprint density at radius 1 is 1.64 bits per heavy atom. The summed E-state index contributed by atoms with van der Waals surface area (Å²) in [6.45, 7) is 1.95. The van der Waals surface area contributed by atoms with Crippen LogP contribution in [0.1, 0.15) is 5.56 Å². The number of rotatable bonds is 1. The molecule has 0 amide bonds. The summed E-state index contributed by atoms with van der Waals surface area (Å²) in [6, 6.07) is 1.88. The highest BCUT2D eigenvalue weighted by Crippen LogP contribution is 2.35. The van der Waals surface area contributed by atoms with Crippen LogP contribution in [0.15, 0.2) is 9.85 Å². The van der Waals surface area contributed by atoms with Crippen LogP contribution in [-0.2, 0) is 0 Å². The van der Waals surface area contributed by atoms with Gasteiger partial charge in [-0.15, -0.1) is 11.3 Å². The predicted octanol–water partition coefficient (Wildman–Crippen LogP) is 2.93. The molecule has 0 saturated heterocycles. The van der Waals surface area contributed by atoms with Crippen molar-refractivity contribution in [3.05, 3.63) is 21.2 Å². The van der Waals surface area contributed by atoms with E-state index in [2.05, 4.69) is 26.1 Å². The minimum absolute atomic E-state index is 0.0952. The number of nitrogens with one attached hydrogen (secondary N) is 1. The van der Waals surface area contributed by atoms with Crippen molar-refractivity contribution in [3.8, 4) is 10.6 Å². The second-order valence-corrected chi connectivity index (χ2v) is 5.24. The van der Waals surface area contributed by atoms with E-state index >= 15 is 0 Å². The van der Waals surface area contributed by atoms with E-state index in [0.717, 1.165) is 14.2 Å². The lowest BCUT2D eigenvalue weighted by Crippen LogP contribution is -1.86. The van der Waals surface area contributed by atoms with E-state index in [1.807, 2.05) is 13.0 Å². The molecule has 0 fully saturated rings. The lowest BCUT2D eigenvalue weighted by Gasteiger charge is -1.89. The maximum Gasteiger partial charge on any atom is 0.193 e. The quantitative estimate of drug-likeness (QED) is 0.841. The molecular weight excluding hydrogens is 269 g/mol. The molecule has 0 spiro atoms. The van der Waals surface area contributed by atoms with Gasteiger partial charge in [0.1, 0.15) is 5.69 Å². The lowest BCUT2D eigenvalue weighted by molar-refractivity contribution is 0.637. The van der Waals surface area contributed by atoms with Gasteiger partial charge in [0.15, 0.2) is 11.6 Å². The van der Waals surface area contributed by atoms with Crippen molar-refractivity contribution < 1.29 is 4.39 Å². The van der Waals surface area contributed by atoms with Gasteiger partial charge in [-0.25, -0.2) is 4.39 Å². The van der Waals surface area contributed by atoms with Gasteiger partial charge in [-0.1, -0.05) is 0 Å². The second-order valence-electron chi connectivity index (χ2n) is 2.87. The number of aromatic nitrogens is 2. The molecule has 0 aliphatic carbocycles. The van der Waals surface area contributed by atoms with Crippen molar-refractivity contribution in [1.29, 1.82) is 0 Å². The van der Waals surface area contributed by atoms with Crippen LogP contribution in [0.3, 0.4) is 0 Å². The fraction of sp³-hybridized carbons (Fsp3) is 0.125. The normalized spacial score (nSPS) is 10.8. The summed E-state index contributed by atoms with van der Waals surface area (Å²) in [5, 5.41) is 6.17. The largest absolute Gasteiger partial charge is 0.380 e. The van der Waals surface area contributed by atoms with E-state index in [0.29, 0.717) is 5.69 Å². The minimum atomic E-state index is -0.487. The van der Waals surface area contributed by atoms with Crippen molar-refractivity contribution in [2.45, 2.75) is 6.92 Å². The molecule has 0 bridgehead atoms. The van der Waals surface area contributed by atoms with E-state index < -0.39 is 5.82 Å². The van der Waals surface area contributed by atoms with Gasteiger partial charge in [-0.3, -0.25) is 5.10 Å². The van der Waals surface area contributed by atoms with Crippen molar-refractivity contribution in [2.24, 2.45) is 0 Å².